The van der Waals surface area contributed by atoms with Gasteiger partial charge in [0.2, 0.25) is 0 Å². The molecule has 0 bridgehead atoms. The summed E-state index contributed by atoms with van der Waals surface area (Å²) in [5.74, 6) is -0.446. The van der Waals surface area contributed by atoms with Crippen molar-refractivity contribution in [1.29, 1.82) is 0 Å². The van der Waals surface area contributed by atoms with Gasteiger partial charge in [-0.1, -0.05) is 11.6 Å². The molecule has 0 saturated carbocycles. The first kappa shape index (κ1) is 12.3. The highest BCUT2D eigenvalue weighted by Gasteiger charge is 2.10. The summed E-state index contributed by atoms with van der Waals surface area (Å²) in [5, 5.41) is 16.5. The number of aliphatic hydroxyl groups is 1. The van der Waals surface area contributed by atoms with Crippen LogP contribution in [0.25, 0.3) is 0 Å². The third-order valence-electron chi connectivity index (χ3n) is 2.20. The number of hydrogen-bond donors (Lipinski definition) is 2. The second-order valence-electron chi connectivity index (χ2n) is 3.44. The fourth-order valence-corrected chi connectivity index (χ4v) is 2.17. The summed E-state index contributed by atoms with van der Waals surface area (Å²) in [7, 11) is 0. The van der Waals surface area contributed by atoms with Gasteiger partial charge in [0.15, 0.2) is 11.6 Å². The van der Waals surface area contributed by atoms with Gasteiger partial charge in [0.1, 0.15) is 0 Å². The molecule has 2 heterocycles. The molecule has 2 N–H and O–H groups in total. The number of pyridine rings is 1. The Balaban J connectivity index is 1.98. The van der Waals surface area contributed by atoms with Gasteiger partial charge >= 0.3 is 0 Å². The van der Waals surface area contributed by atoms with Crippen LogP contribution in [-0.2, 0) is 0 Å². The van der Waals surface area contributed by atoms with Crippen LogP contribution in [0.15, 0.2) is 29.1 Å². The Labute approximate surface area is 107 Å². The number of aliphatic hydroxyl groups excluding tert-OH is 1. The van der Waals surface area contributed by atoms with Gasteiger partial charge in [0, 0.05) is 12.7 Å². The van der Waals surface area contributed by atoms with Gasteiger partial charge in [-0.2, -0.15) is 11.3 Å². The number of nitrogens with zero attached hydrogens (tertiary/aromatic N) is 1. The summed E-state index contributed by atoms with van der Waals surface area (Å²) < 4.78 is 13.4. The number of nitrogens with one attached hydrogen (secondary N) is 1. The van der Waals surface area contributed by atoms with Crippen LogP contribution < -0.4 is 5.32 Å². The van der Waals surface area contributed by atoms with E-state index in [-0.39, 0.29) is 17.4 Å². The van der Waals surface area contributed by atoms with Crippen molar-refractivity contribution < 1.29 is 9.50 Å². The van der Waals surface area contributed by atoms with Gasteiger partial charge in [-0.3, -0.25) is 0 Å². The quantitative estimate of drug-likeness (QED) is 0.899. The zero-order valence-corrected chi connectivity index (χ0v) is 10.3. The standard InChI is InChI=1S/C11H10ClFN2OS/c12-8-3-9(13)11(14-4-8)15-5-10(16)7-1-2-17-6-7/h1-4,6,10,16H,5H2,(H,14,15). The summed E-state index contributed by atoms with van der Waals surface area (Å²) in [4.78, 5) is 3.80. The van der Waals surface area contributed by atoms with Crippen molar-refractivity contribution in [2.24, 2.45) is 0 Å². The normalized spacial score (nSPS) is 12.4. The molecule has 0 fully saturated rings. The van der Waals surface area contributed by atoms with E-state index in [1.54, 1.807) is 0 Å². The van der Waals surface area contributed by atoms with Gasteiger partial charge in [-0.05, 0) is 28.5 Å². The number of thiophene rings is 1. The van der Waals surface area contributed by atoms with E-state index in [0.29, 0.717) is 0 Å². The van der Waals surface area contributed by atoms with E-state index in [1.807, 2.05) is 16.8 Å². The van der Waals surface area contributed by atoms with Crippen LogP contribution in [0.3, 0.4) is 0 Å². The van der Waals surface area contributed by atoms with Gasteiger partial charge in [0.25, 0.3) is 0 Å². The predicted molar refractivity (Wildman–Crippen MR) is 67.0 cm³/mol. The number of rotatable bonds is 4. The third-order valence-corrected chi connectivity index (χ3v) is 3.11. The lowest BCUT2D eigenvalue weighted by molar-refractivity contribution is 0.192. The summed E-state index contributed by atoms with van der Waals surface area (Å²) in [6, 6.07) is 3.00. The van der Waals surface area contributed by atoms with E-state index < -0.39 is 11.9 Å². The van der Waals surface area contributed by atoms with Crippen LogP contribution >= 0.6 is 22.9 Å². The molecule has 90 valence electrons. The number of hydrogen-bond acceptors (Lipinski definition) is 4. The minimum atomic E-state index is -0.682. The lowest BCUT2D eigenvalue weighted by Gasteiger charge is -2.11. The molecular weight excluding hydrogens is 263 g/mol. The van der Waals surface area contributed by atoms with Crippen molar-refractivity contribution in [2.45, 2.75) is 6.10 Å². The van der Waals surface area contributed by atoms with Crippen LogP contribution in [-0.4, -0.2) is 16.6 Å². The van der Waals surface area contributed by atoms with Crippen molar-refractivity contribution >= 4 is 28.8 Å². The lowest BCUT2D eigenvalue weighted by Crippen LogP contribution is -2.13. The highest BCUT2D eigenvalue weighted by atomic mass is 35.5. The lowest BCUT2D eigenvalue weighted by atomic mass is 10.2. The average molecular weight is 273 g/mol. The molecule has 0 aromatic carbocycles. The van der Waals surface area contributed by atoms with Crippen LogP contribution in [0.4, 0.5) is 10.2 Å². The predicted octanol–water partition coefficient (Wildman–Crippen LogP) is 3.08. The molecule has 2 aromatic heterocycles. The fraction of sp³-hybridized carbons (Fsp3) is 0.182. The highest BCUT2D eigenvalue weighted by Crippen LogP contribution is 2.19. The fourth-order valence-electron chi connectivity index (χ4n) is 1.32. The van der Waals surface area contributed by atoms with E-state index in [2.05, 4.69) is 10.3 Å². The summed E-state index contributed by atoms with van der Waals surface area (Å²) >= 11 is 7.08. The zero-order valence-electron chi connectivity index (χ0n) is 8.73. The minimum absolute atomic E-state index is 0.0867. The van der Waals surface area contributed by atoms with Crippen LogP contribution in [0.2, 0.25) is 5.02 Å². The van der Waals surface area contributed by atoms with E-state index in [0.717, 1.165) is 5.56 Å². The third kappa shape index (κ3) is 3.15. The molecular formula is C11H10ClFN2OS. The second kappa shape index (κ2) is 5.44. The second-order valence-corrected chi connectivity index (χ2v) is 4.65. The molecule has 2 rings (SSSR count). The summed E-state index contributed by atoms with van der Waals surface area (Å²) in [6.07, 6.45) is 0.669. The molecule has 17 heavy (non-hydrogen) atoms. The number of aromatic nitrogens is 1. The molecule has 0 saturated heterocycles. The first-order chi connectivity index (χ1) is 8.16. The Morgan fingerprint density at radius 3 is 3.06 bits per heavy atom. The van der Waals surface area contributed by atoms with Gasteiger partial charge < -0.3 is 10.4 Å². The van der Waals surface area contributed by atoms with Crippen molar-refractivity contribution in [3.63, 3.8) is 0 Å². The molecule has 0 aliphatic rings. The smallest absolute Gasteiger partial charge is 0.166 e. The maximum atomic E-state index is 13.4. The average Bonchev–Trinajstić information content (AvgIpc) is 2.81. The Kier molecular flexibility index (Phi) is 3.93. The van der Waals surface area contributed by atoms with Crippen molar-refractivity contribution in [1.82, 2.24) is 4.98 Å². The number of anilines is 1. The van der Waals surface area contributed by atoms with Gasteiger partial charge in [0.05, 0.1) is 11.1 Å². The molecule has 2 aromatic rings. The topological polar surface area (TPSA) is 45.1 Å². The monoisotopic (exact) mass is 272 g/mol. The first-order valence-corrected chi connectivity index (χ1v) is 6.24. The maximum Gasteiger partial charge on any atom is 0.166 e. The van der Waals surface area contributed by atoms with Gasteiger partial charge in [-0.25, -0.2) is 9.37 Å². The van der Waals surface area contributed by atoms with E-state index in [4.69, 9.17) is 11.6 Å². The maximum absolute atomic E-state index is 13.4. The SMILES string of the molecule is OC(CNc1ncc(Cl)cc1F)c1ccsc1. The molecule has 1 atom stereocenters. The van der Waals surface area contributed by atoms with Crippen LogP contribution in [0.1, 0.15) is 11.7 Å². The molecule has 0 aliphatic carbocycles. The Morgan fingerprint density at radius 2 is 2.41 bits per heavy atom. The van der Waals surface area contributed by atoms with E-state index in [9.17, 15) is 9.50 Å². The van der Waals surface area contributed by atoms with Crippen LogP contribution in [0.5, 0.6) is 0 Å². The summed E-state index contributed by atoms with van der Waals surface area (Å²) in [5.41, 5.74) is 0.803. The number of halogens is 2. The molecule has 6 heteroatoms. The molecule has 0 amide bonds. The van der Waals surface area contributed by atoms with Gasteiger partial charge in [-0.15, -0.1) is 0 Å². The Hall–Kier alpha value is -1.17. The van der Waals surface area contributed by atoms with Crippen molar-refractivity contribution in [3.05, 3.63) is 45.5 Å². The minimum Gasteiger partial charge on any atom is -0.387 e. The van der Waals surface area contributed by atoms with Crippen LogP contribution in [0, 0.1) is 5.82 Å². The van der Waals surface area contributed by atoms with E-state index >= 15 is 0 Å². The molecule has 0 aliphatic heterocycles. The zero-order chi connectivity index (χ0) is 12.3. The Bertz CT molecular complexity index is 492. The molecule has 0 spiro atoms. The summed E-state index contributed by atoms with van der Waals surface area (Å²) in [6.45, 7) is 0.197. The van der Waals surface area contributed by atoms with E-state index in [1.165, 1.54) is 23.6 Å². The van der Waals surface area contributed by atoms with Crippen molar-refractivity contribution in [2.75, 3.05) is 11.9 Å². The first-order valence-electron chi connectivity index (χ1n) is 4.92. The highest BCUT2D eigenvalue weighted by molar-refractivity contribution is 7.07. The van der Waals surface area contributed by atoms with Crippen molar-refractivity contribution in [3.8, 4) is 0 Å². The molecule has 3 nitrogen and oxygen atoms in total. The Morgan fingerprint density at radius 1 is 1.59 bits per heavy atom. The molecule has 1 unspecified atom stereocenters. The largest absolute Gasteiger partial charge is 0.387 e. The molecule has 0 radical (unpaired) electrons.